The number of nitrogens with one attached hydrogen (secondary N) is 1. The highest BCUT2D eigenvalue weighted by Crippen LogP contribution is 2.44. The molecule has 6 heteroatoms. The Bertz CT molecular complexity index is 1050. The van der Waals surface area contributed by atoms with Crippen molar-refractivity contribution in [1.29, 1.82) is 0 Å². The molecule has 2 saturated carbocycles. The van der Waals surface area contributed by atoms with Gasteiger partial charge in [0.15, 0.2) is 0 Å². The van der Waals surface area contributed by atoms with Crippen LogP contribution >= 0.6 is 11.8 Å². The standard InChI is InChI=1S/C28H31FN2O2S/c29-22-13-10-20(11-14-22)18-31-24-17-21(27(32)30-23-8-4-5-9-23)12-15-25(24)34-26(28(31)33)16-19-6-2-1-3-7-19/h1-3,6-7,10-11,13-14,16,21,23-25H,4-5,8-9,12,15,17-18H2,(H,30,32)/b26-16-. The number of carbonyl (C=O) groups is 2. The van der Waals surface area contributed by atoms with Crippen LogP contribution in [0.4, 0.5) is 4.39 Å². The predicted octanol–water partition coefficient (Wildman–Crippen LogP) is 5.54. The maximum atomic E-state index is 13.7. The molecule has 178 valence electrons. The third-order valence-corrected chi connectivity index (χ3v) is 8.74. The molecular formula is C28H31FN2O2S. The van der Waals surface area contributed by atoms with Gasteiger partial charge in [-0.25, -0.2) is 4.39 Å². The van der Waals surface area contributed by atoms with Crippen molar-refractivity contribution in [2.24, 2.45) is 5.92 Å². The minimum absolute atomic E-state index is 0.00345. The molecule has 5 rings (SSSR count). The van der Waals surface area contributed by atoms with E-state index >= 15 is 0 Å². The maximum absolute atomic E-state index is 13.7. The first-order chi connectivity index (χ1) is 16.6. The second kappa shape index (κ2) is 10.3. The number of hydrogen-bond donors (Lipinski definition) is 1. The lowest BCUT2D eigenvalue weighted by molar-refractivity contribution is -0.134. The fourth-order valence-electron chi connectivity index (χ4n) is 5.49. The minimum atomic E-state index is -0.284. The molecule has 0 bridgehead atoms. The molecule has 2 aromatic rings. The van der Waals surface area contributed by atoms with Crippen molar-refractivity contribution in [2.45, 2.75) is 68.8 Å². The van der Waals surface area contributed by atoms with Crippen LogP contribution in [0.2, 0.25) is 0 Å². The highest BCUT2D eigenvalue weighted by Gasteiger charge is 2.44. The van der Waals surface area contributed by atoms with E-state index < -0.39 is 0 Å². The van der Waals surface area contributed by atoms with E-state index in [1.165, 1.54) is 25.0 Å². The molecule has 0 aromatic heterocycles. The molecule has 3 unspecified atom stereocenters. The first kappa shape index (κ1) is 23.2. The SMILES string of the molecule is O=C(NC1CCCC1)C1CCC2S/C(=C\c3ccccc3)C(=O)N(Cc3ccc(F)cc3)C2C1. The van der Waals surface area contributed by atoms with Gasteiger partial charge in [-0.2, -0.15) is 0 Å². The second-order valence-electron chi connectivity index (χ2n) is 9.70. The number of fused-ring (bicyclic) bond motifs is 1. The van der Waals surface area contributed by atoms with Gasteiger partial charge in [-0.1, -0.05) is 55.3 Å². The zero-order valence-corrected chi connectivity index (χ0v) is 20.1. The summed E-state index contributed by atoms with van der Waals surface area (Å²) in [7, 11) is 0. The van der Waals surface area contributed by atoms with Gasteiger partial charge in [0, 0.05) is 29.8 Å². The first-order valence-electron chi connectivity index (χ1n) is 12.4. The largest absolute Gasteiger partial charge is 0.353 e. The van der Waals surface area contributed by atoms with E-state index in [-0.39, 0.29) is 34.8 Å². The summed E-state index contributed by atoms with van der Waals surface area (Å²) in [5, 5.41) is 3.52. The van der Waals surface area contributed by atoms with Crippen molar-refractivity contribution < 1.29 is 14.0 Å². The van der Waals surface area contributed by atoms with E-state index in [9.17, 15) is 14.0 Å². The molecule has 2 aliphatic carbocycles. The lowest BCUT2D eigenvalue weighted by atomic mass is 9.83. The quantitative estimate of drug-likeness (QED) is 0.574. The molecule has 3 atom stereocenters. The second-order valence-corrected chi connectivity index (χ2v) is 11.0. The van der Waals surface area contributed by atoms with Gasteiger partial charge in [0.25, 0.3) is 5.91 Å². The van der Waals surface area contributed by atoms with Crippen LogP contribution in [0.1, 0.15) is 56.1 Å². The van der Waals surface area contributed by atoms with Crippen LogP contribution in [-0.4, -0.2) is 34.0 Å². The van der Waals surface area contributed by atoms with Gasteiger partial charge in [0.2, 0.25) is 5.91 Å². The van der Waals surface area contributed by atoms with E-state index in [4.69, 9.17) is 0 Å². The first-order valence-corrected chi connectivity index (χ1v) is 13.2. The summed E-state index contributed by atoms with van der Waals surface area (Å²) in [6, 6.07) is 16.6. The van der Waals surface area contributed by atoms with E-state index in [1.54, 1.807) is 23.9 Å². The number of thioether (sulfide) groups is 1. The number of rotatable bonds is 5. The highest BCUT2D eigenvalue weighted by molar-refractivity contribution is 8.04. The molecule has 3 fully saturated rings. The molecule has 1 saturated heterocycles. The smallest absolute Gasteiger partial charge is 0.260 e. The summed E-state index contributed by atoms with van der Waals surface area (Å²) in [5.74, 6) is -0.204. The number of carbonyl (C=O) groups excluding carboxylic acids is 2. The van der Waals surface area contributed by atoms with Crippen LogP contribution in [0.3, 0.4) is 0 Å². The van der Waals surface area contributed by atoms with Crippen molar-refractivity contribution in [3.05, 3.63) is 76.4 Å². The van der Waals surface area contributed by atoms with E-state index in [0.29, 0.717) is 19.0 Å². The summed E-state index contributed by atoms with van der Waals surface area (Å²) in [4.78, 5) is 29.4. The average Bonchev–Trinajstić information content (AvgIpc) is 3.36. The van der Waals surface area contributed by atoms with Gasteiger partial charge >= 0.3 is 0 Å². The van der Waals surface area contributed by atoms with E-state index in [2.05, 4.69) is 5.32 Å². The van der Waals surface area contributed by atoms with E-state index in [0.717, 1.165) is 41.7 Å². The molecule has 1 aliphatic heterocycles. The Kier molecular flexibility index (Phi) is 7.05. The lowest BCUT2D eigenvalue weighted by Gasteiger charge is -2.46. The van der Waals surface area contributed by atoms with Gasteiger partial charge in [0.05, 0.1) is 4.91 Å². The van der Waals surface area contributed by atoms with Gasteiger partial charge in [-0.15, -0.1) is 11.8 Å². The number of benzene rings is 2. The zero-order chi connectivity index (χ0) is 23.5. The van der Waals surface area contributed by atoms with Gasteiger partial charge in [-0.05, 0) is 61.4 Å². The fourth-order valence-corrected chi connectivity index (χ4v) is 6.91. The topological polar surface area (TPSA) is 49.4 Å². The van der Waals surface area contributed by atoms with Gasteiger partial charge in [0.1, 0.15) is 5.82 Å². The Balaban J connectivity index is 1.38. The summed E-state index contributed by atoms with van der Waals surface area (Å²) in [6.07, 6.45) is 8.93. The van der Waals surface area contributed by atoms with Crippen LogP contribution in [0, 0.1) is 11.7 Å². The minimum Gasteiger partial charge on any atom is -0.353 e. The van der Waals surface area contributed by atoms with Crippen LogP contribution in [-0.2, 0) is 16.1 Å². The molecule has 3 aliphatic rings. The Labute approximate surface area is 205 Å². The summed E-state index contributed by atoms with van der Waals surface area (Å²) in [6.45, 7) is 0.421. The number of hydrogen-bond acceptors (Lipinski definition) is 3. The Morgan fingerprint density at radius 3 is 2.50 bits per heavy atom. The zero-order valence-electron chi connectivity index (χ0n) is 19.3. The molecule has 0 radical (unpaired) electrons. The van der Waals surface area contributed by atoms with Crippen LogP contribution in [0.5, 0.6) is 0 Å². The molecule has 0 spiro atoms. The van der Waals surface area contributed by atoms with Crippen LogP contribution < -0.4 is 5.32 Å². The summed E-state index contributed by atoms with van der Waals surface area (Å²) < 4.78 is 13.5. The third kappa shape index (κ3) is 5.22. The monoisotopic (exact) mass is 478 g/mol. The molecule has 1 N–H and O–H groups in total. The molecule has 2 aromatic carbocycles. The number of amides is 2. The van der Waals surface area contributed by atoms with Crippen LogP contribution in [0.25, 0.3) is 6.08 Å². The van der Waals surface area contributed by atoms with Crippen molar-refractivity contribution in [2.75, 3.05) is 0 Å². The Morgan fingerprint density at radius 1 is 1.03 bits per heavy atom. The normalized spacial score (nSPS) is 26.5. The number of nitrogens with zero attached hydrogens (tertiary/aromatic N) is 1. The number of halogens is 1. The molecule has 1 heterocycles. The highest BCUT2D eigenvalue weighted by atomic mass is 32.2. The van der Waals surface area contributed by atoms with Crippen molar-refractivity contribution >= 4 is 29.7 Å². The third-order valence-electron chi connectivity index (χ3n) is 7.34. The van der Waals surface area contributed by atoms with Gasteiger partial charge in [-0.3, -0.25) is 9.59 Å². The summed E-state index contributed by atoms with van der Waals surface area (Å²) in [5.41, 5.74) is 1.90. The molecule has 34 heavy (non-hydrogen) atoms. The maximum Gasteiger partial charge on any atom is 0.260 e. The summed E-state index contributed by atoms with van der Waals surface area (Å²) >= 11 is 1.66. The van der Waals surface area contributed by atoms with Crippen molar-refractivity contribution in [3.63, 3.8) is 0 Å². The van der Waals surface area contributed by atoms with Crippen LogP contribution in [0.15, 0.2) is 59.5 Å². The van der Waals surface area contributed by atoms with Gasteiger partial charge < -0.3 is 10.2 Å². The molecule has 2 amide bonds. The van der Waals surface area contributed by atoms with Crippen molar-refractivity contribution in [1.82, 2.24) is 10.2 Å². The Hall–Kier alpha value is -2.60. The lowest BCUT2D eigenvalue weighted by Crippen LogP contribution is -2.54. The van der Waals surface area contributed by atoms with Crippen molar-refractivity contribution in [3.8, 4) is 0 Å². The predicted molar refractivity (Wildman–Crippen MR) is 134 cm³/mol. The fraction of sp³-hybridized carbons (Fsp3) is 0.429. The Morgan fingerprint density at radius 2 is 1.76 bits per heavy atom. The van der Waals surface area contributed by atoms with E-state index in [1.807, 2.05) is 41.3 Å². The molecular weight excluding hydrogens is 447 g/mol. The average molecular weight is 479 g/mol. The molecule has 4 nitrogen and oxygen atoms in total.